The van der Waals surface area contributed by atoms with Gasteiger partial charge in [-0.05, 0) is 42.2 Å². The highest BCUT2D eigenvalue weighted by Gasteiger charge is 2.19. The molecule has 0 radical (unpaired) electrons. The van der Waals surface area contributed by atoms with Gasteiger partial charge < -0.3 is 10.3 Å². The molecule has 0 unspecified atom stereocenters. The fraction of sp³-hybridized carbons (Fsp3) is 0.316. The molecule has 0 amide bonds. The van der Waals surface area contributed by atoms with Crippen molar-refractivity contribution in [3.05, 3.63) is 62.9 Å². The summed E-state index contributed by atoms with van der Waals surface area (Å²) < 4.78 is 2.11. The molecule has 0 bridgehead atoms. The molecule has 3 rings (SSSR count). The van der Waals surface area contributed by atoms with Crippen LogP contribution in [0.4, 0.5) is 0 Å². The van der Waals surface area contributed by atoms with E-state index in [-0.39, 0.29) is 6.04 Å². The lowest BCUT2D eigenvalue weighted by molar-refractivity contribution is 0.481. The molecular weight excluding hydrogens is 377 g/mol. The van der Waals surface area contributed by atoms with E-state index in [1.54, 1.807) is 6.07 Å². The third-order valence-electron chi connectivity index (χ3n) is 4.11. The molecule has 3 nitrogen and oxygen atoms in total. The quantitative estimate of drug-likeness (QED) is 0.567. The van der Waals surface area contributed by atoms with Gasteiger partial charge in [-0.2, -0.15) is 0 Å². The average Bonchev–Trinajstić information content (AvgIpc) is 2.85. The van der Waals surface area contributed by atoms with E-state index in [0.717, 1.165) is 28.8 Å². The summed E-state index contributed by atoms with van der Waals surface area (Å²) in [5.41, 5.74) is 9.24. The van der Waals surface area contributed by atoms with Crippen molar-refractivity contribution in [3.8, 4) is 0 Å². The molecule has 2 aromatic carbocycles. The second-order valence-corrected chi connectivity index (χ2v) is 7.93. The monoisotopic (exact) mass is 395 g/mol. The van der Waals surface area contributed by atoms with E-state index in [4.69, 9.17) is 45.5 Å². The summed E-state index contributed by atoms with van der Waals surface area (Å²) in [4.78, 5) is 4.75. The summed E-state index contributed by atoms with van der Waals surface area (Å²) >= 11 is 18.5. The molecule has 0 aliphatic rings. The highest BCUT2D eigenvalue weighted by molar-refractivity contribution is 6.42. The Morgan fingerprint density at radius 3 is 2.48 bits per heavy atom. The number of hydrogen-bond donors (Lipinski definition) is 1. The van der Waals surface area contributed by atoms with Crippen LogP contribution >= 0.6 is 34.8 Å². The molecule has 3 aromatic rings. The lowest BCUT2D eigenvalue weighted by Crippen LogP contribution is -2.19. The van der Waals surface area contributed by atoms with E-state index in [1.807, 2.05) is 30.3 Å². The molecule has 0 fully saturated rings. The van der Waals surface area contributed by atoms with Crippen molar-refractivity contribution in [3.63, 3.8) is 0 Å². The summed E-state index contributed by atoms with van der Waals surface area (Å²) in [7, 11) is 0. The fourth-order valence-corrected chi connectivity index (χ4v) is 3.55. The van der Waals surface area contributed by atoms with Crippen LogP contribution < -0.4 is 5.73 Å². The van der Waals surface area contributed by atoms with Gasteiger partial charge in [0.1, 0.15) is 5.82 Å². The van der Waals surface area contributed by atoms with Crippen LogP contribution in [-0.2, 0) is 6.54 Å². The van der Waals surface area contributed by atoms with Crippen molar-refractivity contribution in [2.75, 3.05) is 0 Å². The third kappa shape index (κ3) is 4.12. The van der Waals surface area contributed by atoms with Gasteiger partial charge >= 0.3 is 0 Å². The summed E-state index contributed by atoms with van der Waals surface area (Å²) in [6.45, 7) is 4.92. The first-order chi connectivity index (χ1) is 11.8. The van der Waals surface area contributed by atoms with Gasteiger partial charge in [-0.1, -0.05) is 60.8 Å². The number of aromatic nitrogens is 2. The van der Waals surface area contributed by atoms with Crippen LogP contribution in [0.2, 0.25) is 15.1 Å². The number of nitrogens with zero attached hydrogens (tertiary/aromatic N) is 2. The van der Waals surface area contributed by atoms with Crippen molar-refractivity contribution < 1.29 is 0 Å². The van der Waals surface area contributed by atoms with Gasteiger partial charge in [0, 0.05) is 11.6 Å². The number of halogens is 3. The molecule has 0 aliphatic carbocycles. The molecule has 2 N–H and O–H groups in total. The average molecular weight is 397 g/mol. The van der Waals surface area contributed by atoms with Gasteiger partial charge in [-0.15, -0.1) is 0 Å². The van der Waals surface area contributed by atoms with Crippen LogP contribution in [-0.4, -0.2) is 9.55 Å². The predicted octanol–water partition coefficient (Wildman–Crippen LogP) is 6.09. The fourth-order valence-electron chi connectivity index (χ4n) is 3.02. The second-order valence-electron chi connectivity index (χ2n) is 6.68. The van der Waals surface area contributed by atoms with Crippen molar-refractivity contribution >= 4 is 45.8 Å². The highest BCUT2D eigenvalue weighted by Crippen LogP contribution is 2.31. The van der Waals surface area contributed by atoms with Gasteiger partial charge in [0.15, 0.2) is 0 Å². The Morgan fingerprint density at radius 1 is 1.08 bits per heavy atom. The minimum Gasteiger partial charge on any atom is -0.322 e. The van der Waals surface area contributed by atoms with E-state index in [9.17, 15) is 0 Å². The molecule has 1 aromatic heterocycles. The van der Waals surface area contributed by atoms with E-state index in [0.29, 0.717) is 27.5 Å². The zero-order valence-electron chi connectivity index (χ0n) is 14.1. The number of rotatable bonds is 5. The van der Waals surface area contributed by atoms with Gasteiger partial charge in [-0.25, -0.2) is 4.98 Å². The molecule has 1 atom stereocenters. The Bertz CT molecular complexity index is 902. The summed E-state index contributed by atoms with van der Waals surface area (Å²) in [6, 6.07) is 11.3. The first-order valence-electron chi connectivity index (χ1n) is 8.20. The van der Waals surface area contributed by atoms with Crippen molar-refractivity contribution in [2.24, 2.45) is 11.7 Å². The number of benzene rings is 2. The van der Waals surface area contributed by atoms with Gasteiger partial charge in [0.25, 0.3) is 0 Å². The SMILES string of the molecule is CC(C)C[C@H](N)c1nc2cc(Cl)c(Cl)cc2n1Cc1cccc(Cl)c1. The molecular formula is C19H20Cl3N3. The summed E-state index contributed by atoms with van der Waals surface area (Å²) in [5, 5.41) is 1.70. The Hall–Kier alpha value is -1.26. The van der Waals surface area contributed by atoms with Crippen molar-refractivity contribution in [2.45, 2.75) is 32.9 Å². The number of fused-ring (bicyclic) bond motifs is 1. The maximum atomic E-state index is 6.44. The van der Waals surface area contributed by atoms with Crippen LogP contribution in [0, 0.1) is 5.92 Å². The second kappa shape index (κ2) is 7.55. The molecule has 132 valence electrons. The predicted molar refractivity (Wildman–Crippen MR) is 107 cm³/mol. The lowest BCUT2D eigenvalue weighted by atomic mass is 10.0. The topological polar surface area (TPSA) is 43.8 Å². The molecule has 0 spiro atoms. The maximum absolute atomic E-state index is 6.44. The number of hydrogen-bond acceptors (Lipinski definition) is 2. The molecule has 0 saturated heterocycles. The van der Waals surface area contributed by atoms with E-state index >= 15 is 0 Å². The zero-order valence-corrected chi connectivity index (χ0v) is 16.4. The van der Waals surface area contributed by atoms with Gasteiger partial charge in [0.2, 0.25) is 0 Å². The van der Waals surface area contributed by atoms with Crippen molar-refractivity contribution in [1.29, 1.82) is 0 Å². The first-order valence-corrected chi connectivity index (χ1v) is 9.33. The lowest BCUT2D eigenvalue weighted by Gasteiger charge is -2.17. The first kappa shape index (κ1) is 18.5. The van der Waals surface area contributed by atoms with Crippen molar-refractivity contribution in [1.82, 2.24) is 9.55 Å². The van der Waals surface area contributed by atoms with Gasteiger partial charge in [-0.3, -0.25) is 0 Å². The van der Waals surface area contributed by atoms with Crippen LogP contribution in [0.1, 0.15) is 37.7 Å². The zero-order chi connectivity index (χ0) is 18.1. The Balaban J connectivity index is 2.13. The largest absolute Gasteiger partial charge is 0.322 e. The molecule has 1 heterocycles. The Morgan fingerprint density at radius 2 is 1.80 bits per heavy atom. The van der Waals surface area contributed by atoms with Gasteiger partial charge in [0.05, 0.1) is 27.1 Å². The smallest absolute Gasteiger partial charge is 0.127 e. The summed E-state index contributed by atoms with van der Waals surface area (Å²) in [5.74, 6) is 1.31. The minimum atomic E-state index is -0.163. The molecule has 25 heavy (non-hydrogen) atoms. The normalized spacial score (nSPS) is 12.9. The Kier molecular flexibility index (Phi) is 5.59. The third-order valence-corrected chi connectivity index (χ3v) is 5.06. The standard InChI is InChI=1S/C19H20Cl3N3/c1-11(2)6-16(23)19-24-17-8-14(21)15(22)9-18(17)25(19)10-12-4-3-5-13(20)7-12/h3-5,7-9,11,16H,6,10,23H2,1-2H3/t16-/m0/s1. The van der Waals surface area contributed by atoms with Crippen LogP contribution in [0.5, 0.6) is 0 Å². The van der Waals surface area contributed by atoms with Crippen LogP contribution in [0.15, 0.2) is 36.4 Å². The Labute approximate surface area is 162 Å². The maximum Gasteiger partial charge on any atom is 0.127 e. The van der Waals surface area contributed by atoms with E-state index in [1.165, 1.54) is 0 Å². The molecule has 6 heteroatoms. The van der Waals surface area contributed by atoms with Crippen LogP contribution in [0.25, 0.3) is 11.0 Å². The number of imidazole rings is 1. The van der Waals surface area contributed by atoms with E-state index < -0.39 is 0 Å². The highest BCUT2D eigenvalue weighted by atomic mass is 35.5. The van der Waals surface area contributed by atoms with E-state index in [2.05, 4.69) is 18.4 Å². The molecule has 0 aliphatic heterocycles. The van der Waals surface area contributed by atoms with Crippen LogP contribution in [0.3, 0.4) is 0 Å². The summed E-state index contributed by atoms with van der Waals surface area (Å²) in [6.07, 6.45) is 0.848. The number of nitrogens with two attached hydrogens (primary N) is 1. The molecule has 0 saturated carbocycles. The minimum absolute atomic E-state index is 0.163.